The van der Waals surface area contributed by atoms with Crippen molar-refractivity contribution in [3.63, 3.8) is 0 Å². The molecule has 1 heterocycles. The van der Waals surface area contributed by atoms with E-state index in [1.54, 1.807) is 49.9 Å². The van der Waals surface area contributed by atoms with E-state index in [0.717, 1.165) is 56.7 Å². The summed E-state index contributed by atoms with van der Waals surface area (Å²) in [6.45, 7) is 71.8. The average Bonchev–Trinajstić information content (AvgIpc) is 0.821. The zero-order valence-corrected chi connectivity index (χ0v) is 92.6. The molecule has 1 unspecified atom stereocenters. The number of nitro groups is 1. The van der Waals surface area contributed by atoms with Crippen molar-refractivity contribution in [2.45, 2.75) is 350 Å². The van der Waals surface area contributed by atoms with E-state index in [2.05, 4.69) is 350 Å². The number of ether oxygens (including phenoxy) is 2. The number of nitro benzene ring substituents is 1. The van der Waals surface area contributed by atoms with Gasteiger partial charge in [0, 0.05) is 59.2 Å². The molecule has 10 aromatic carbocycles. The third-order valence-corrected chi connectivity index (χ3v) is 24.9. The van der Waals surface area contributed by atoms with Crippen LogP contribution in [0.3, 0.4) is 0 Å². The first-order valence-corrected chi connectivity index (χ1v) is 51.5. The van der Waals surface area contributed by atoms with Gasteiger partial charge in [-0.2, -0.15) is 0 Å². The highest BCUT2D eigenvalue weighted by molar-refractivity contribution is 7.98. The number of nitrogens with zero attached hydrogens (tertiary/aromatic N) is 3. The molecular weight excluding hydrogens is 1730 g/mol. The monoisotopic (exact) mass is 1920 g/mol. The van der Waals surface area contributed by atoms with Crippen molar-refractivity contribution >= 4 is 46.5 Å². The summed E-state index contributed by atoms with van der Waals surface area (Å²) >= 11 is 7.69. The van der Waals surface area contributed by atoms with E-state index >= 15 is 0 Å². The molecule has 13 heteroatoms. The van der Waals surface area contributed by atoms with E-state index in [1.807, 2.05) is 81.4 Å². The molecule has 9 nitrogen and oxygen atoms in total. The van der Waals surface area contributed by atoms with Crippen LogP contribution < -0.4 is 9.64 Å². The second-order valence-corrected chi connectivity index (χ2v) is 42.5. The van der Waals surface area contributed by atoms with Gasteiger partial charge in [-0.25, -0.2) is 8.78 Å². The first kappa shape index (κ1) is 128. The number of methoxy groups -OCH3 is 1. The van der Waals surface area contributed by atoms with Crippen molar-refractivity contribution in [3.05, 3.63) is 340 Å². The van der Waals surface area contributed by atoms with Crippen molar-refractivity contribution in [2.24, 2.45) is 17.8 Å². The molecule has 0 spiro atoms. The van der Waals surface area contributed by atoms with Gasteiger partial charge in [-0.3, -0.25) is 19.7 Å². The van der Waals surface area contributed by atoms with E-state index in [-0.39, 0.29) is 41.0 Å². The number of ketones is 1. The number of thioether (sulfide) groups is 1. The Balaban J connectivity index is 0.00000149. The third kappa shape index (κ3) is 54.2. The van der Waals surface area contributed by atoms with Gasteiger partial charge in [-0.15, -0.1) is 11.8 Å². The minimum Gasteiger partial charge on any atom is -0.469 e. The van der Waals surface area contributed by atoms with Gasteiger partial charge in [0.1, 0.15) is 11.6 Å². The number of hydrogen-bond donors (Lipinski definition) is 0. The summed E-state index contributed by atoms with van der Waals surface area (Å²) in [6, 6.07) is 77.6. The van der Waals surface area contributed by atoms with Gasteiger partial charge in [-0.05, 0) is 290 Å². The largest absolute Gasteiger partial charge is 0.469 e. The fraction of sp³-hybridized carbons (Fsp3) is 0.500. The van der Waals surface area contributed by atoms with Gasteiger partial charge in [-0.1, -0.05) is 388 Å². The summed E-state index contributed by atoms with van der Waals surface area (Å²) in [5, 5.41) is 11.5. The first-order chi connectivity index (χ1) is 63.7. The van der Waals surface area contributed by atoms with Gasteiger partial charge in [0.25, 0.3) is 5.69 Å². The lowest BCUT2D eigenvalue weighted by atomic mass is 9.81. The van der Waals surface area contributed by atoms with E-state index in [0.29, 0.717) is 70.8 Å². The van der Waals surface area contributed by atoms with E-state index < -0.39 is 6.36 Å². The number of piperidine rings is 1. The van der Waals surface area contributed by atoms with Gasteiger partial charge in [0.15, 0.2) is 5.78 Å². The number of benzene rings is 10. The van der Waals surface area contributed by atoms with Crippen LogP contribution in [0.5, 0.6) is 5.75 Å². The Morgan fingerprint density at radius 3 is 1.34 bits per heavy atom. The summed E-state index contributed by atoms with van der Waals surface area (Å²) in [5.74, 6) is 6.93. The number of alkyl halides is 1. The maximum absolute atomic E-state index is 12.9. The molecule has 1 aliphatic rings. The molecule has 1 aliphatic heterocycles. The highest BCUT2D eigenvalue weighted by atomic mass is 35.5. The third-order valence-electron chi connectivity index (χ3n) is 23.8. The fourth-order valence-corrected chi connectivity index (χ4v) is 14.6. The number of halogens is 3. The molecule has 0 amide bonds. The van der Waals surface area contributed by atoms with Crippen LogP contribution >= 0.6 is 23.4 Å². The zero-order chi connectivity index (χ0) is 103. The molecule has 0 bridgehead atoms. The molecule has 137 heavy (non-hydrogen) atoms. The summed E-state index contributed by atoms with van der Waals surface area (Å²) in [5.41, 5.74) is 20.9. The Morgan fingerprint density at radius 2 is 0.920 bits per heavy atom. The molecule has 0 N–H and O–H groups in total. The maximum Gasteiger partial charge on any atom is 0.306 e. The summed E-state index contributed by atoms with van der Waals surface area (Å²) in [4.78, 5) is 38.7. The van der Waals surface area contributed by atoms with Crippen LogP contribution in [0.15, 0.2) is 235 Å². The molecule has 11 rings (SSSR count). The second-order valence-electron chi connectivity index (χ2n) is 41.2. The van der Waals surface area contributed by atoms with Crippen LogP contribution in [-0.2, 0) is 33.2 Å². The molecule has 1 atom stereocenters. The Bertz CT molecular complexity index is 4910. The normalized spacial score (nSPS) is 11.8. The highest BCUT2D eigenvalue weighted by Gasteiger charge is 2.25. The number of carbonyl (C=O) groups excluding carboxylic acids is 2. The quantitative estimate of drug-likeness (QED) is 0.0172. The van der Waals surface area contributed by atoms with Crippen LogP contribution in [0.25, 0.3) is 0 Å². The van der Waals surface area contributed by atoms with E-state index in [1.165, 1.54) is 144 Å². The smallest absolute Gasteiger partial charge is 0.306 e. The molecule has 0 saturated carbocycles. The lowest BCUT2D eigenvalue weighted by molar-refractivity contribution is -0.385. The molecule has 1 fully saturated rings. The highest BCUT2D eigenvalue weighted by Crippen LogP contribution is 2.33. The molecule has 1 saturated heterocycles. The Morgan fingerprint density at radius 1 is 0.489 bits per heavy atom. The standard InChI is InChI=1S/C15H22O2.C14H22.C11H15FO.C11H17N.C11H14O.C11H16.C10H13Cl.C10H13F.C10H13NO2.C10H21N.C10H14S.CH4/c1-11(2)12-6-8-13(9-7-12)15(3,4)10-14(16)17-5;1-6-14(4,5)13-9-7-12(8-10-13)11(2)3;1-8(2)10-5-4-6-11(7-10)13-9(3)12;1-9(2)10-5-7-11(8-6-10)12(3)4;1-8(2)10-5-4-6-11(7-10)9(3)12;1-9(2)7-11-6-4-5-10(3)8-11;1-7(2)9-4-5-10(11)8(3)6-9;1-8(2)7-9-5-3-4-6-10(9)11;1-7(2)9-5-4-8(3)10(6-9)11(12)13;1-10(2)6-9-11-7-4-3-5-8-11;1-8(2)9-5-4-6-10(7-9)11-3;/h6-9,11H,10H2,1-5H3;7-11H,6H2,1-5H3;4-9H,1-3H3;5-9H,1-4H3;4-8H,1-3H3;4-6,8-9H,7H2,1-3H3;4-7H,1-3H3;3-6,8H,7H2,1-2H3;4-7H,1-3H3;10H,3-9H2,1-2H3;4-8H,1-3H3;1H4. The topological polar surface area (TPSA) is 102 Å². The number of esters is 1. The number of aryl methyl sites for hydroxylation is 3. The molecule has 0 aliphatic carbocycles. The predicted octanol–water partition coefficient (Wildman–Crippen LogP) is 37.2. The molecular formula is C124H184ClF2N3O6S. The number of hydrogen-bond acceptors (Lipinski definition) is 9. The number of rotatable bonds is 26. The number of Topliss-reactive ketones (excluding diaryl/α,β-unsaturated/α-hetero) is 1. The number of carbonyl (C=O) groups is 2. The van der Waals surface area contributed by atoms with Gasteiger partial charge >= 0.3 is 5.97 Å². The number of anilines is 1. The van der Waals surface area contributed by atoms with E-state index in [9.17, 15) is 28.5 Å². The minimum absolute atomic E-state index is 0. The van der Waals surface area contributed by atoms with E-state index in [4.69, 9.17) is 21.1 Å². The fourth-order valence-electron chi connectivity index (χ4n) is 14.0. The summed E-state index contributed by atoms with van der Waals surface area (Å²) < 4.78 is 35.1. The van der Waals surface area contributed by atoms with Gasteiger partial charge in [0.2, 0.25) is 6.36 Å². The lowest BCUT2D eigenvalue weighted by Crippen LogP contribution is -2.31. The minimum atomic E-state index is -1.25. The average molecular weight is 1920 g/mol. The molecule has 0 aromatic heterocycles. The SMILES string of the molecule is C.CC(=O)c1cccc(C(C)C)c1.CC(C)CCN1CCCCC1.CC(C)Cc1ccccc1F.CC(C)c1ccc(N(C)C)cc1.CC(F)Oc1cccc(C(C)C)c1.CCC(C)(C)c1ccc(C(C)C)cc1.COC(=O)CC(C)(C)c1ccc(C(C)C)cc1.CSc1cccc(C(C)C)c1.Cc1cc(C(C)C)ccc1Cl.Cc1ccc(C(C)C)cc1[N+](=O)[O-].Cc1cccc(CC(C)C)c1. The Labute approximate surface area is 844 Å². The predicted molar refractivity (Wildman–Crippen MR) is 597 cm³/mol. The lowest BCUT2D eigenvalue weighted by Gasteiger charge is -2.26. The van der Waals surface area contributed by atoms with Crippen LogP contribution in [0.4, 0.5) is 20.2 Å². The van der Waals surface area contributed by atoms with Crippen molar-refractivity contribution < 1.29 is 32.8 Å². The van der Waals surface area contributed by atoms with Crippen molar-refractivity contribution in [1.29, 1.82) is 0 Å². The van der Waals surface area contributed by atoms with Crippen LogP contribution in [0.1, 0.15) is 388 Å². The van der Waals surface area contributed by atoms with Crippen molar-refractivity contribution in [3.8, 4) is 5.75 Å². The van der Waals surface area contributed by atoms with Gasteiger partial charge < -0.3 is 19.3 Å². The summed E-state index contributed by atoms with van der Waals surface area (Å²) in [6.07, 6.45) is 10.2. The Hall–Kier alpha value is -9.20. The summed E-state index contributed by atoms with van der Waals surface area (Å²) in [7, 11) is 5.55. The second kappa shape index (κ2) is 68.0. The first-order valence-electron chi connectivity index (χ1n) is 49.9. The van der Waals surface area contributed by atoms with Gasteiger partial charge in [0.05, 0.1) is 18.5 Å². The number of likely N-dealkylation sites (tertiary alicyclic amines) is 1. The van der Waals surface area contributed by atoms with Crippen LogP contribution in [0.2, 0.25) is 5.02 Å². The molecule has 758 valence electrons. The maximum atomic E-state index is 12.9. The van der Waals surface area contributed by atoms with Crippen LogP contribution in [-0.4, -0.2) is 75.0 Å². The molecule has 10 aromatic rings. The zero-order valence-electron chi connectivity index (χ0n) is 91.0. The van der Waals surface area contributed by atoms with Crippen molar-refractivity contribution in [2.75, 3.05) is 52.0 Å². The Kier molecular flexibility index (Phi) is 63.4. The molecule has 0 radical (unpaired) electrons. The van der Waals surface area contributed by atoms with Crippen molar-refractivity contribution in [1.82, 2.24) is 4.90 Å². The van der Waals surface area contributed by atoms with Crippen LogP contribution in [0, 0.1) is 54.5 Å².